The van der Waals surface area contributed by atoms with E-state index in [9.17, 15) is 14.5 Å². The van der Waals surface area contributed by atoms with E-state index in [1.54, 1.807) is 0 Å². The highest BCUT2D eigenvalue weighted by molar-refractivity contribution is 6.31. The number of hydrogen-bond donors (Lipinski definition) is 0. The Kier molecular flexibility index (Phi) is 3.72. The first-order valence-corrected chi connectivity index (χ1v) is 5.41. The summed E-state index contributed by atoms with van der Waals surface area (Å²) in [7, 11) is 0. The number of rotatable bonds is 3. The number of nitrogens with zero attached hydrogens (tertiary/aromatic N) is 4. The van der Waals surface area contributed by atoms with Gasteiger partial charge in [0, 0.05) is 6.07 Å². The molecule has 0 amide bonds. The Balaban J connectivity index is 2.45. The van der Waals surface area contributed by atoms with E-state index in [1.807, 2.05) is 0 Å². The molecule has 19 heavy (non-hydrogen) atoms. The summed E-state index contributed by atoms with van der Waals surface area (Å²) in [4.78, 5) is 20.4. The van der Waals surface area contributed by atoms with Crippen molar-refractivity contribution in [2.24, 2.45) is 0 Å². The van der Waals surface area contributed by atoms with E-state index in [2.05, 4.69) is 15.0 Å². The maximum Gasteiger partial charge on any atom is 0.327 e. The lowest BCUT2D eigenvalue weighted by molar-refractivity contribution is -0.385. The van der Waals surface area contributed by atoms with Gasteiger partial charge in [-0.2, -0.15) is 15.0 Å². The van der Waals surface area contributed by atoms with Gasteiger partial charge in [0.25, 0.3) is 0 Å². The fraction of sp³-hybridized carbons (Fsp3) is 0. The summed E-state index contributed by atoms with van der Waals surface area (Å²) < 4.78 is 18.4. The van der Waals surface area contributed by atoms with E-state index in [0.29, 0.717) is 0 Å². The van der Waals surface area contributed by atoms with Gasteiger partial charge in [0.15, 0.2) is 5.82 Å². The molecule has 10 heteroatoms. The number of aromatic nitrogens is 3. The third kappa shape index (κ3) is 3.04. The minimum absolute atomic E-state index is 0.283. The molecule has 1 aromatic heterocycles. The van der Waals surface area contributed by atoms with Gasteiger partial charge in [0.1, 0.15) is 0 Å². The highest BCUT2D eigenvalue weighted by atomic mass is 35.5. The molecule has 0 aliphatic rings. The Morgan fingerprint density at radius 1 is 1.21 bits per heavy atom. The molecule has 0 unspecified atom stereocenters. The zero-order valence-corrected chi connectivity index (χ0v) is 10.4. The third-order valence-corrected chi connectivity index (χ3v) is 2.23. The van der Waals surface area contributed by atoms with Crippen LogP contribution in [0.4, 0.5) is 10.1 Å². The standard InChI is InChI=1S/C9H3Cl2FN4O3/c10-7-13-8(11)15-9(14-7)19-6-4(12)2-1-3-5(6)16(17)18/h1-3H. The molecular weight excluding hydrogens is 302 g/mol. The molecule has 0 N–H and O–H groups in total. The quantitative estimate of drug-likeness (QED) is 0.639. The van der Waals surface area contributed by atoms with Crippen molar-refractivity contribution < 1.29 is 14.1 Å². The third-order valence-electron chi connectivity index (χ3n) is 1.90. The average molecular weight is 305 g/mol. The largest absolute Gasteiger partial charge is 0.414 e. The van der Waals surface area contributed by atoms with Crippen molar-refractivity contribution in [3.8, 4) is 11.8 Å². The minimum atomic E-state index is -0.943. The van der Waals surface area contributed by atoms with Crippen LogP contribution in [-0.2, 0) is 0 Å². The minimum Gasteiger partial charge on any atom is -0.414 e. The summed E-state index contributed by atoms with van der Waals surface area (Å²) >= 11 is 11.0. The predicted molar refractivity (Wildman–Crippen MR) is 63.0 cm³/mol. The molecule has 0 saturated heterocycles. The smallest absolute Gasteiger partial charge is 0.327 e. The topological polar surface area (TPSA) is 91.0 Å². The number of nitro benzene ring substituents is 1. The van der Waals surface area contributed by atoms with Crippen LogP contribution in [0.15, 0.2) is 18.2 Å². The SMILES string of the molecule is O=[N+]([O-])c1cccc(F)c1Oc1nc(Cl)nc(Cl)n1. The van der Waals surface area contributed by atoms with Gasteiger partial charge in [0.05, 0.1) is 4.92 Å². The first-order chi connectivity index (χ1) is 8.97. The van der Waals surface area contributed by atoms with E-state index in [4.69, 9.17) is 27.9 Å². The van der Waals surface area contributed by atoms with E-state index >= 15 is 0 Å². The van der Waals surface area contributed by atoms with Crippen molar-refractivity contribution in [1.82, 2.24) is 15.0 Å². The van der Waals surface area contributed by atoms with E-state index in [-0.39, 0.29) is 10.6 Å². The summed E-state index contributed by atoms with van der Waals surface area (Å²) in [6, 6.07) is 2.79. The van der Waals surface area contributed by atoms with Crippen LogP contribution in [0, 0.1) is 15.9 Å². The number of ether oxygens (including phenoxy) is 1. The van der Waals surface area contributed by atoms with Crippen LogP contribution >= 0.6 is 23.2 Å². The van der Waals surface area contributed by atoms with Crippen molar-refractivity contribution in [1.29, 1.82) is 0 Å². The summed E-state index contributed by atoms with van der Waals surface area (Å²) in [6.07, 6.45) is 0. The van der Waals surface area contributed by atoms with Gasteiger partial charge in [0.2, 0.25) is 16.3 Å². The molecule has 0 spiro atoms. The molecule has 0 fully saturated rings. The lowest BCUT2D eigenvalue weighted by Gasteiger charge is -2.05. The molecule has 0 aliphatic heterocycles. The maximum absolute atomic E-state index is 13.5. The fourth-order valence-corrected chi connectivity index (χ4v) is 1.54. The van der Waals surface area contributed by atoms with Gasteiger partial charge in [-0.1, -0.05) is 6.07 Å². The van der Waals surface area contributed by atoms with Crippen molar-refractivity contribution in [3.05, 3.63) is 44.7 Å². The molecule has 98 valence electrons. The average Bonchev–Trinajstić information content (AvgIpc) is 2.30. The molecule has 1 aromatic carbocycles. The van der Waals surface area contributed by atoms with Gasteiger partial charge in [-0.25, -0.2) is 4.39 Å². The molecule has 0 aliphatic carbocycles. The fourth-order valence-electron chi connectivity index (χ4n) is 1.19. The highest BCUT2D eigenvalue weighted by Crippen LogP contribution is 2.32. The van der Waals surface area contributed by atoms with Gasteiger partial charge in [-0.3, -0.25) is 10.1 Å². The number of hydrogen-bond acceptors (Lipinski definition) is 6. The normalized spacial score (nSPS) is 10.3. The molecule has 0 radical (unpaired) electrons. The highest BCUT2D eigenvalue weighted by Gasteiger charge is 2.21. The Labute approximate surface area is 115 Å². The van der Waals surface area contributed by atoms with Crippen LogP contribution in [0.3, 0.4) is 0 Å². The molecule has 1 heterocycles. The van der Waals surface area contributed by atoms with Crippen LogP contribution in [-0.4, -0.2) is 19.9 Å². The molecular formula is C9H3Cl2FN4O3. The Hall–Kier alpha value is -2.06. The van der Waals surface area contributed by atoms with Crippen LogP contribution in [0.25, 0.3) is 0 Å². The van der Waals surface area contributed by atoms with Gasteiger partial charge >= 0.3 is 11.7 Å². The Morgan fingerprint density at radius 2 is 1.84 bits per heavy atom. The van der Waals surface area contributed by atoms with E-state index < -0.39 is 28.2 Å². The van der Waals surface area contributed by atoms with Gasteiger partial charge in [-0.05, 0) is 29.3 Å². The monoisotopic (exact) mass is 304 g/mol. The van der Waals surface area contributed by atoms with Crippen molar-refractivity contribution in [2.75, 3.05) is 0 Å². The zero-order chi connectivity index (χ0) is 14.0. The molecule has 0 atom stereocenters. The molecule has 2 rings (SSSR count). The van der Waals surface area contributed by atoms with Crippen LogP contribution in [0.1, 0.15) is 0 Å². The first kappa shape index (κ1) is 13.4. The van der Waals surface area contributed by atoms with Crippen molar-refractivity contribution >= 4 is 28.9 Å². The maximum atomic E-state index is 13.5. The number of nitro groups is 1. The van der Waals surface area contributed by atoms with Crippen LogP contribution in [0.2, 0.25) is 10.6 Å². The first-order valence-electron chi connectivity index (χ1n) is 4.65. The van der Waals surface area contributed by atoms with Crippen molar-refractivity contribution in [2.45, 2.75) is 0 Å². The predicted octanol–water partition coefficient (Wildman–Crippen LogP) is 3.02. The van der Waals surface area contributed by atoms with E-state index in [0.717, 1.165) is 12.1 Å². The van der Waals surface area contributed by atoms with Crippen LogP contribution < -0.4 is 4.74 Å². The lowest BCUT2D eigenvalue weighted by atomic mass is 10.3. The second-order valence-corrected chi connectivity index (χ2v) is 3.78. The molecule has 7 nitrogen and oxygen atoms in total. The Morgan fingerprint density at radius 3 is 2.42 bits per heavy atom. The number of halogens is 3. The summed E-state index contributed by atoms with van der Waals surface area (Å²) in [5.74, 6) is -1.58. The second kappa shape index (κ2) is 5.29. The van der Waals surface area contributed by atoms with E-state index in [1.165, 1.54) is 6.07 Å². The molecule has 2 aromatic rings. The van der Waals surface area contributed by atoms with Gasteiger partial charge < -0.3 is 4.74 Å². The molecule has 0 bridgehead atoms. The molecule has 0 saturated carbocycles. The van der Waals surface area contributed by atoms with Crippen LogP contribution in [0.5, 0.6) is 11.8 Å². The zero-order valence-electron chi connectivity index (χ0n) is 8.88. The lowest BCUT2D eigenvalue weighted by Crippen LogP contribution is -2.00. The summed E-state index contributed by atoms with van der Waals surface area (Å²) in [5, 5.41) is 10.2. The Bertz CT molecular complexity index is 635. The second-order valence-electron chi connectivity index (χ2n) is 3.10. The number of benzene rings is 1. The van der Waals surface area contributed by atoms with Crippen molar-refractivity contribution in [3.63, 3.8) is 0 Å². The summed E-state index contributed by atoms with van der Waals surface area (Å²) in [5.41, 5.74) is -0.576. The number of para-hydroxylation sites is 1. The van der Waals surface area contributed by atoms with Gasteiger partial charge in [-0.15, -0.1) is 0 Å². The summed E-state index contributed by atoms with van der Waals surface area (Å²) in [6.45, 7) is 0.